The summed E-state index contributed by atoms with van der Waals surface area (Å²) in [6.45, 7) is 6.59. The van der Waals surface area contributed by atoms with Gasteiger partial charge in [-0.15, -0.1) is 0 Å². The number of rotatable bonds is 4. The highest BCUT2D eigenvalue weighted by Crippen LogP contribution is 2.19. The molecule has 21 heavy (non-hydrogen) atoms. The van der Waals surface area contributed by atoms with Crippen molar-refractivity contribution in [1.29, 1.82) is 0 Å². The van der Waals surface area contributed by atoms with Gasteiger partial charge in [0.05, 0.1) is 17.2 Å². The molecule has 0 bridgehead atoms. The number of piperidine rings is 1. The molecule has 112 valence electrons. The third kappa shape index (κ3) is 3.32. The lowest BCUT2D eigenvalue weighted by Gasteiger charge is -2.33. The van der Waals surface area contributed by atoms with Crippen molar-refractivity contribution < 1.29 is 0 Å². The van der Waals surface area contributed by atoms with Crippen LogP contribution in [0.1, 0.15) is 33.1 Å². The molecule has 2 heterocycles. The molecule has 1 aliphatic rings. The topological polar surface area (TPSA) is 41.0 Å². The lowest BCUT2D eigenvalue weighted by molar-refractivity contribution is 0.392. The summed E-state index contributed by atoms with van der Waals surface area (Å²) >= 11 is 0. The number of hydrogen-bond donors (Lipinski definition) is 1. The highest BCUT2D eigenvalue weighted by molar-refractivity contribution is 5.75. The summed E-state index contributed by atoms with van der Waals surface area (Å²) < 4.78 is 0. The SMILES string of the molecule is CC(C)N(CC1CCCCN1)c1cnc2ccccc2n1. The molecule has 0 amide bonds. The second-order valence-electron chi connectivity index (χ2n) is 6.11. The van der Waals surface area contributed by atoms with Crippen LogP contribution >= 0.6 is 0 Å². The predicted molar refractivity (Wildman–Crippen MR) is 87.7 cm³/mol. The number of nitrogens with zero attached hydrogens (tertiary/aromatic N) is 3. The average Bonchev–Trinajstić information content (AvgIpc) is 2.53. The first-order valence-electron chi connectivity index (χ1n) is 7.96. The van der Waals surface area contributed by atoms with Crippen molar-refractivity contribution in [2.45, 2.75) is 45.2 Å². The standard InChI is InChI=1S/C17H24N4/c1-13(2)21(12-14-7-5-6-10-18-14)17-11-19-15-8-3-4-9-16(15)20-17/h3-4,8-9,11,13-14,18H,5-7,10,12H2,1-2H3. The van der Waals surface area contributed by atoms with Crippen LogP contribution in [-0.4, -0.2) is 35.1 Å². The van der Waals surface area contributed by atoms with E-state index in [1.807, 2.05) is 30.5 Å². The maximum atomic E-state index is 4.80. The van der Waals surface area contributed by atoms with Gasteiger partial charge in [0, 0.05) is 18.6 Å². The molecule has 3 rings (SSSR count). The molecule has 4 heteroatoms. The molecule has 1 aromatic heterocycles. The van der Waals surface area contributed by atoms with E-state index < -0.39 is 0 Å². The van der Waals surface area contributed by atoms with Crippen molar-refractivity contribution in [2.24, 2.45) is 0 Å². The van der Waals surface area contributed by atoms with Gasteiger partial charge in [0.2, 0.25) is 0 Å². The van der Waals surface area contributed by atoms with Crippen molar-refractivity contribution in [3.63, 3.8) is 0 Å². The lowest BCUT2D eigenvalue weighted by Crippen LogP contribution is -2.46. The molecule has 1 unspecified atom stereocenters. The highest BCUT2D eigenvalue weighted by atomic mass is 15.2. The molecule has 1 fully saturated rings. The van der Waals surface area contributed by atoms with Gasteiger partial charge in [-0.3, -0.25) is 4.98 Å². The van der Waals surface area contributed by atoms with Gasteiger partial charge in [0.15, 0.2) is 0 Å². The smallest absolute Gasteiger partial charge is 0.148 e. The fourth-order valence-electron chi connectivity index (χ4n) is 2.97. The van der Waals surface area contributed by atoms with Crippen molar-refractivity contribution in [3.05, 3.63) is 30.5 Å². The minimum absolute atomic E-state index is 0.421. The number of hydrogen-bond acceptors (Lipinski definition) is 4. The number of nitrogens with one attached hydrogen (secondary N) is 1. The van der Waals surface area contributed by atoms with Crippen molar-refractivity contribution in [2.75, 3.05) is 18.0 Å². The summed E-state index contributed by atoms with van der Waals surface area (Å²) in [7, 11) is 0. The zero-order valence-corrected chi connectivity index (χ0v) is 12.9. The molecule has 0 spiro atoms. The third-order valence-electron chi connectivity index (χ3n) is 4.18. The van der Waals surface area contributed by atoms with Crippen LogP contribution in [0.3, 0.4) is 0 Å². The zero-order chi connectivity index (χ0) is 14.7. The molecule has 0 saturated carbocycles. The first kappa shape index (κ1) is 14.3. The molecule has 0 radical (unpaired) electrons. The Bertz CT molecular complexity index is 590. The van der Waals surface area contributed by atoms with Crippen LogP contribution in [0.15, 0.2) is 30.5 Å². The largest absolute Gasteiger partial charge is 0.351 e. The van der Waals surface area contributed by atoms with Crippen LogP contribution in [0, 0.1) is 0 Å². The van der Waals surface area contributed by atoms with E-state index >= 15 is 0 Å². The number of aromatic nitrogens is 2. The molecule has 1 aliphatic heterocycles. The Hall–Kier alpha value is -1.68. The minimum atomic E-state index is 0.421. The van der Waals surface area contributed by atoms with Gasteiger partial charge in [-0.05, 0) is 45.4 Å². The summed E-state index contributed by atoms with van der Waals surface area (Å²) in [5.74, 6) is 0.982. The fraction of sp³-hybridized carbons (Fsp3) is 0.529. The summed E-state index contributed by atoms with van der Waals surface area (Å²) in [5, 5.41) is 3.62. The number of anilines is 1. The van der Waals surface area contributed by atoms with E-state index in [1.54, 1.807) is 0 Å². The molecule has 1 atom stereocenters. The van der Waals surface area contributed by atoms with Gasteiger partial charge in [0.25, 0.3) is 0 Å². The van der Waals surface area contributed by atoms with Gasteiger partial charge in [-0.2, -0.15) is 0 Å². The Balaban J connectivity index is 1.84. The van der Waals surface area contributed by atoms with E-state index in [1.165, 1.54) is 19.3 Å². The average molecular weight is 284 g/mol. The van der Waals surface area contributed by atoms with E-state index in [2.05, 4.69) is 29.0 Å². The van der Waals surface area contributed by atoms with Crippen molar-refractivity contribution in [3.8, 4) is 0 Å². The molecular formula is C17H24N4. The summed E-state index contributed by atoms with van der Waals surface area (Å²) in [5.41, 5.74) is 1.93. The Morgan fingerprint density at radius 2 is 2.05 bits per heavy atom. The third-order valence-corrected chi connectivity index (χ3v) is 4.18. The van der Waals surface area contributed by atoms with E-state index in [-0.39, 0.29) is 0 Å². The molecular weight excluding hydrogens is 260 g/mol. The Kier molecular flexibility index (Phi) is 4.34. The summed E-state index contributed by atoms with van der Waals surface area (Å²) in [6, 6.07) is 9.04. The first-order chi connectivity index (χ1) is 10.2. The Morgan fingerprint density at radius 1 is 1.24 bits per heavy atom. The normalized spacial score (nSPS) is 19.1. The van der Waals surface area contributed by atoms with Gasteiger partial charge >= 0.3 is 0 Å². The van der Waals surface area contributed by atoms with E-state index in [9.17, 15) is 0 Å². The quantitative estimate of drug-likeness (QED) is 0.937. The number of benzene rings is 1. The Morgan fingerprint density at radius 3 is 2.76 bits per heavy atom. The zero-order valence-electron chi connectivity index (χ0n) is 12.9. The van der Waals surface area contributed by atoms with E-state index in [0.717, 1.165) is 29.9 Å². The molecule has 1 saturated heterocycles. The monoisotopic (exact) mass is 284 g/mol. The van der Waals surface area contributed by atoms with Crippen LogP contribution in [0.2, 0.25) is 0 Å². The number of para-hydroxylation sites is 2. The maximum Gasteiger partial charge on any atom is 0.148 e. The Labute approximate surface area is 126 Å². The van der Waals surface area contributed by atoms with Crippen LogP contribution in [-0.2, 0) is 0 Å². The second-order valence-corrected chi connectivity index (χ2v) is 6.11. The van der Waals surface area contributed by atoms with Crippen molar-refractivity contribution >= 4 is 16.9 Å². The lowest BCUT2D eigenvalue weighted by atomic mass is 10.0. The second kappa shape index (κ2) is 6.39. The fourth-order valence-corrected chi connectivity index (χ4v) is 2.97. The molecule has 4 nitrogen and oxygen atoms in total. The maximum absolute atomic E-state index is 4.80. The van der Waals surface area contributed by atoms with E-state index in [4.69, 9.17) is 4.98 Å². The molecule has 1 aromatic carbocycles. The highest BCUT2D eigenvalue weighted by Gasteiger charge is 2.20. The van der Waals surface area contributed by atoms with Crippen LogP contribution in [0.25, 0.3) is 11.0 Å². The molecule has 2 aromatic rings. The van der Waals surface area contributed by atoms with Crippen molar-refractivity contribution in [1.82, 2.24) is 15.3 Å². The molecule has 1 N–H and O–H groups in total. The van der Waals surface area contributed by atoms with Crippen LogP contribution < -0.4 is 10.2 Å². The van der Waals surface area contributed by atoms with Crippen LogP contribution in [0.5, 0.6) is 0 Å². The van der Waals surface area contributed by atoms with Gasteiger partial charge in [0.1, 0.15) is 5.82 Å². The first-order valence-corrected chi connectivity index (χ1v) is 7.96. The van der Waals surface area contributed by atoms with Gasteiger partial charge in [-0.1, -0.05) is 18.6 Å². The minimum Gasteiger partial charge on any atom is -0.351 e. The predicted octanol–water partition coefficient (Wildman–Crippen LogP) is 2.99. The number of fused-ring (bicyclic) bond motifs is 1. The summed E-state index contributed by atoms with van der Waals surface area (Å²) in [6.07, 6.45) is 5.79. The summed E-state index contributed by atoms with van der Waals surface area (Å²) in [4.78, 5) is 11.7. The van der Waals surface area contributed by atoms with E-state index in [0.29, 0.717) is 12.1 Å². The van der Waals surface area contributed by atoms with Gasteiger partial charge in [-0.25, -0.2) is 4.98 Å². The van der Waals surface area contributed by atoms with Crippen LogP contribution in [0.4, 0.5) is 5.82 Å². The molecule has 0 aliphatic carbocycles. The van der Waals surface area contributed by atoms with Gasteiger partial charge < -0.3 is 10.2 Å².